The van der Waals surface area contributed by atoms with Crippen molar-refractivity contribution in [3.05, 3.63) is 5.01 Å². The van der Waals surface area contributed by atoms with Gasteiger partial charge >= 0.3 is 0 Å². The first-order valence-corrected chi connectivity index (χ1v) is 6.30. The number of carbonyl (C=O) groups is 1. The molecule has 1 amide bonds. The maximum Gasteiger partial charge on any atom is 0.236 e. The number of thioether (sulfide) groups is 1. The second-order valence-electron chi connectivity index (χ2n) is 2.55. The second kappa shape index (κ2) is 6.37. The molecule has 1 heterocycles. The molecule has 80 valence electrons. The van der Waals surface area contributed by atoms with Crippen LogP contribution in [0.5, 0.6) is 0 Å². The smallest absolute Gasteiger partial charge is 0.236 e. The number of carbonyl (C=O) groups excluding carboxylic acids is 1. The third kappa shape index (κ3) is 4.27. The van der Waals surface area contributed by atoms with Gasteiger partial charge in [-0.1, -0.05) is 18.3 Å². The van der Waals surface area contributed by atoms with Gasteiger partial charge in [0.05, 0.1) is 17.6 Å². The average Bonchev–Trinajstić information content (AvgIpc) is 2.66. The summed E-state index contributed by atoms with van der Waals surface area (Å²) in [5.74, 6) is 0.451. The fourth-order valence-electron chi connectivity index (χ4n) is 0.792. The third-order valence-electron chi connectivity index (χ3n) is 1.42. The molecule has 0 aromatic carbocycles. The molecule has 0 aliphatic heterocycles. The molecule has 1 N–H and O–H groups in total. The van der Waals surface area contributed by atoms with Crippen molar-refractivity contribution in [2.24, 2.45) is 0 Å². The normalized spacial score (nSPS) is 9.60. The van der Waals surface area contributed by atoms with Crippen molar-refractivity contribution >= 4 is 34.1 Å². The van der Waals surface area contributed by atoms with E-state index in [9.17, 15) is 4.79 Å². The quantitative estimate of drug-likeness (QED) is 0.787. The largest absolute Gasteiger partial charge is 0.300 e. The van der Waals surface area contributed by atoms with Crippen molar-refractivity contribution in [1.29, 1.82) is 5.26 Å². The molecule has 0 saturated carbocycles. The van der Waals surface area contributed by atoms with Gasteiger partial charge in [0.2, 0.25) is 11.0 Å². The van der Waals surface area contributed by atoms with Gasteiger partial charge in [-0.25, -0.2) is 0 Å². The van der Waals surface area contributed by atoms with Crippen LogP contribution >= 0.6 is 23.1 Å². The van der Waals surface area contributed by atoms with Gasteiger partial charge in [-0.15, -0.1) is 22.0 Å². The first-order chi connectivity index (χ1) is 7.26. The van der Waals surface area contributed by atoms with Crippen LogP contribution in [0.4, 0.5) is 5.13 Å². The molecule has 5 nitrogen and oxygen atoms in total. The SMILES string of the molecule is CCc1nnc(NC(=O)CSCC#N)s1. The van der Waals surface area contributed by atoms with Crippen LogP contribution in [0, 0.1) is 11.3 Å². The highest BCUT2D eigenvalue weighted by Gasteiger charge is 2.06. The van der Waals surface area contributed by atoms with E-state index in [-0.39, 0.29) is 11.7 Å². The highest BCUT2D eigenvalue weighted by atomic mass is 32.2. The van der Waals surface area contributed by atoms with Crippen LogP contribution in [-0.2, 0) is 11.2 Å². The predicted molar refractivity (Wildman–Crippen MR) is 60.9 cm³/mol. The Kier molecular flexibility index (Phi) is 5.07. The van der Waals surface area contributed by atoms with Crippen LogP contribution in [-0.4, -0.2) is 27.6 Å². The summed E-state index contributed by atoms with van der Waals surface area (Å²) in [7, 11) is 0. The van der Waals surface area contributed by atoms with Crippen LogP contribution < -0.4 is 5.32 Å². The molecular formula is C8H10N4OS2. The van der Waals surface area contributed by atoms with Crippen molar-refractivity contribution in [2.45, 2.75) is 13.3 Å². The molecule has 0 bridgehead atoms. The average molecular weight is 242 g/mol. The first kappa shape index (κ1) is 11.9. The highest BCUT2D eigenvalue weighted by molar-refractivity contribution is 8.00. The Morgan fingerprint density at radius 2 is 2.47 bits per heavy atom. The molecule has 0 atom stereocenters. The molecule has 0 aliphatic carbocycles. The molecule has 0 unspecified atom stereocenters. The lowest BCUT2D eigenvalue weighted by Crippen LogP contribution is -2.14. The van der Waals surface area contributed by atoms with E-state index >= 15 is 0 Å². The number of rotatable bonds is 5. The topological polar surface area (TPSA) is 78.7 Å². The van der Waals surface area contributed by atoms with Crippen molar-refractivity contribution in [3.8, 4) is 6.07 Å². The summed E-state index contributed by atoms with van der Waals surface area (Å²) in [4.78, 5) is 11.3. The Bertz CT molecular complexity index is 371. The van der Waals surface area contributed by atoms with E-state index in [1.807, 2.05) is 13.0 Å². The molecule has 7 heteroatoms. The van der Waals surface area contributed by atoms with Gasteiger partial charge in [-0.05, 0) is 6.42 Å². The van der Waals surface area contributed by atoms with Gasteiger partial charge in [0.15, 0.2) is 0 Å². The van der Waals surface area contributed by atoms with E-state index in [0.717, 1.165) is 11.4 Å². The first-order valence-electron chi connectivity index (χ1n) is 4.33. The zero-order chi connectivity index (χ0) is 11.1. The number of hydrogen-bond acceptors (Lipinski definition) is 6. The van der Waals surface area contributed by atoms with Crippen molar-refractivity contribution in [2.75, 3.05) is 16.8 Å². The molecule has 0 saturated heterocycles. The Labute approximate surface area is 95.9 Å². The van der Waals surface area contributed by atoms with Crippen molar-refractivity contribution < 1.29 is 4.79 Å². The number of nitriles is 1. The summed E-state index contributed by atoms with van der Waals surface area (Å²) in [5, 5.41) is 20.0. The molecule has 0 radical (unpaired) electrons. The van der Waals surface area contributed by atoms with Crippen LogP contribution in [0.3, 0.4) is 0 Å². The summed E-state index contributed by atoms with van der Waals surface area (Å²) < 4.78 is 0. The monoisotopic (exact) mass is 242 g/mol. The maximum absolute atomic E-state index is 11.3. The molecule has 1 aromatic heterocycles. The number of hydrogen-bond donors (Lipinski definition) is 1. The standard InChI is InChI=1S/C8H10N4OS2/c1-2-7-11-12-8(15-7)10-6(13)5-14-4-3-9/h2,4-5H2,1H3,(H,10,12,13). The number of aromatic nitrogens is 2. The van der Waals surface area contributed by atoms with E-state index in [0.29, 0.717) is 10.9 Å². The second-order valence-corrected chi connectivity index (χ2v) is 4.60. The maximum atomic E-state index is 11.3. The Morgan fingerprint density at radius 3 is 3.07 bits per heavy atom. The van der Waals surface area contributed by atoms with E-state index in [1.54, 1.807) is 0 Å². The van der Waals surface area contributed by atoms with Gasteiger partial charge in [0, 0.05) is 0 Å². The molecule has 15 heavy (non-hydrogen) atoms. The number of nitrogens with one attached hydrogen (secondary N) is 1. The van der Waals surface area contributed by atoms with E-state index in [2.05, 4.69) is 15.5 Å². The summed E-state index contributed by atoms with van der Waals surface area (Å²) >= 11 is 2.65. The lowest BCUT2D eigenvalue weighted by molar-refractivity contribution is -0.113. The summed E-state index contributed by atoms with van der Waals surface area (Å²) in [6.07, 6.45) is 0.816. The fourth-order valence-corrected chi connectivity index (χ4v) is 1.94. The minimum atomic E-state index is -0.144. The molecule has 1 aromatic rings. The van der Waals surface area contributed by atoms with E-state index in [1.165, 1.54) is 23.1 Å². The lowest BCUT2D eigenvalue weighted by Gasteiger charge is -1.97. The summed E-state index contributed by atoms with van der Waals surface area (Å²) in [6, 6.07) is 1.96. The van der Waals surface area contributed by atoms with Gasteiger partial charge in [0.1, 0.15) is 5.01 Å². The molecule has 0 spiro atoms. The Morgan fingerprint density at radius 1 is 1.67 bits per heavy atom. The van der Waals surface area contributed by atoms with Crippen molar-refractivity contribution in [1.82, 2.24) is 10.2 Å². The van der Waals surface area contributed by atoms with Crippen LogP contribution in [0.2, 0.25) is 0 Å². The molecule has 0 aliphatic rings. The van der Waals surface area contributed by atoms with Crippen LogP contribution in [0.1, 0.15) is 11.9 Å². The fraction of sp³-hybridized carbons (Fsp3) is 0.500. The summed E-state index contributed by atoms with van der Waals surface area (Å²) in [6.45, 7) is 1.98. The molecular weight excluding hydrogens is 232 g/mol. The Balaban J connectivity index is 2.34. The molecule has 1 rings (SSSR count). The highest BCUT2D eigenvalue weighted by Crippen LogP contribution is 2.15. The number of aryl methyl sites for hydroxylation is 1. The van der Waals surface area contributed by atoms with Gasteiger partial charge in [-0.3, -0.25) is 10.1 Å². The number of nitrogens with zero attached hydrogens (tertiary/aromatic N) is 3. The predicted octanol–water partition coefficient (Wildman–Crippen LogP) is 1.30. The molecule has 0 fully saturated rings. The minimum Gasteiger partial charge on any atom is -0.300 e. The van der Waals surface area contributed by atoms with E-state index < -0.39 is 0 Å². The van der Waals surface area contributed by atoms with Crippen LogP contribution in [0.15, 0.2) is 0 Å². The number of anilines is 1. The Hall–Kier alpha value is -1.13. The summed E-state index contributed by atoms with van der Waals surface area (Å²) in [5.41, 5.74) is 0. The van der Waals surface area contributed by atoms with Gasteiger partial charge in [-0.2, -0.15) is 5.26 Å². The zero-order valence-corrected chi connectivity index (χ0v) is 9.82. The van der Waals surface area contributed by atoms with Crippen molar-refractivity contribution in [3.63, 3.8) is 0 Å². The van der Waals surface area contributed by atoms with Crippen LogP contribution in [0.25, 0.3) is 0 Å². The number of amides is 1. The van der Waals surface area contributed by atoms with Gasteiger partial charge in [0.25, 0.3) is 0 Å². The lowest BCUT2D eigenvalue weighted by atomic mass is 10.5. The third-order valence-corrected chi connectivity index (χ3v) is 3.20. The minimum absolute atomic E-state index is 0.144. The van der Waals surface area contributed by atoms with E-state index in [4.69, 9.17) is 5.26 Å². The zero-order valence-electron chi connectivity index (χ0n) is 8.19. The van der Waals surface area contributed by atoms with Gasteiger partial charge < -0.3 is 0 Å².